The highest BCUT2D eigenvalue weighted by molar-refractivity contribution is 6.05. The summed E-state index contributed by atoms with van der Waals surface area (Å²) in [6.45, 7) is 0. The van der Waals surface area contributed by atoms with Crippen LogP contribution in [-0.4, -0.2) is 9.55 Å². The summed E-state index contributed by atoms with van der Waals surface area (Å²) in [4.78, 5) is 4.92. The van der Waals surface area contributed by atoms with Gasteiger partial charge in [0.15, 0.2) is 0 Å². The lowest BCUT2D eigenvalue weighted by atomic mass is 9.95. The van der Waals surface area contributed by atoms with E-state index in [2.05, 4.69) is 42.1 Å². The number of hydrogen-bond acceptors (Lipinski definition) is 1. The molecule has 0 unspecified atom stereocenters. The van der Waals surface area contributed by atoms with Gasteiger partial charge in [0.05, 0.1) is 11.0 Å². The molecule has 0 bridgehead atoms. The molecule has 2 nitrogen and oxygen atoms in total. The summed E-state index contributed by atoms with van der Waals surface area (Å²) in [5.41, 5.74) is 5.31. The fraction of sp³-hybridized carbons (Fsp3) is 0.312. The summed E-state index contributed by atoms with van der Waals surface area (Å²) < 4.78 is 2.19. The Hall–Kier alpha value is -1.83. The monoisotopic (exact) mass is 236 g/mol. The fourth-order valence-corrected chi connectivity index (χ4v) is 3.25. The third-order valence-electron chi connectivity index (χ3n) is 4.13. The van der Waals surface area contributed by atoms with Gasteiger partial charge < -0.3 is 4.57 Å². The predicted octanol–water partition coefficient (Wildman–Crippen LogP) is 3.61. The zero-order valence-electron chi connectivity index (χ0n) is 10.6. The van der Waals surface area contributed by atoms with Gasteiger partial charge in [-0.05, 0) is 37.3 Å². The number of hydrogen-bond donors (Lipinski definition) is 0. The van der Waals surface area contributed by atoms with Gasteiger partial charge in [-0.3, -0.25) is 4.98 Å². The van der Waals surface area contributed by atoms with Crippen molar-refractivity contribution in [2.75, 3.05) is 0 Å². The smallest absolute Gasteiger partial charge is 0.0951 e. The van der Waals surface area contributed by atoms with Gasteiger partial charge in [0, 0.05) is 29.7 Å². The summed E-state index contributed by atoms with van der Waals surface area (Å²) in [6.07, 6.45) is 7.07. The van der Waals surface area contributed by atoms with Crippen molar-refractivity contribution >= 4 is 21.8 Å². The number of aryl methyl sites for hydroxylation is 3. The lowest BCUT2D eigenvalue weighted by Crippen LogP contribution is -1.99. The highest BCUT2D eigenvalue weighted by Gasteiger charge is 2.18. The van der Waals surface area contributed by atoms with Crippen molar-refractivity contribution in [3.63, 3.8) is 0 Å². The van der Waals surface area contributed by atoms with Crippen LogP contribution < -0.4 is 0 Å². The van der Waals surface area contributed by atoms with E-state index in [9.17, 15) is 0 Å². The Labute approximate surface area is 106 Å². The Kier molecular flexibility index (Phi) is 2.01. The van der Waals surface area contributed by atoms with Crippen LogP contribution in [0.15, 0.2) is 30.5 Å². The van der Waals surface area contributed by atoms with E-state index in [4.69, 9.17) is 4.98 Å². The molecule has 3 aromatic rings. The Bertz CT molecular complexity index is 752. The molecule has 90 valence electrons. The molecule has 1 aromatic carbocycles. The molecule has 0 spiro atoms. The minimum atomic E-state index is 1.15. The minimum Gasteiger partial charge on any atom is -0.349 e. The zero-order chi connectivity index (χ0) is 12.1. The second kappa shape index (κ2) is 3.58. The van der Waals surface area contributed by atoms with Crippen LogP contribution in [0.5, 0.6) is 0 Å². The maximum absolute atomic E-state index is 4.92. The number of rotatable bonds is 0. The molecule has 2 heterocycles. The van der Waals surface area contributed by atoms with E-state index in [0.717, 1.165) is 6.42 Å². The van der Waals surface area contributed by atoms with Gasteiger partial charge in [0.25, 0.3) is 0 Å². The van der Waals surface area contributed by atoms with E-state index in [1.165, 1.54) is 52.3 Å². The van der Waals surface area contributed by atoms with Crippen LogP contribution in [0, 0.1) is 0 Å². The summed E-state index contributed by atoms with van der Waals surface area (Å²) in [7, 11) is 2.11. The fourth-order valence-electron chi connectivity index (χ4n) is 3.25. The first-order chi connectivity index (χ1) is 8.84. The third-order valence-corrected chi connectivity index (χ3v) is 4.13. The molecule has 2 aromatic heterocycles. The van der Waals surface area contributed by atoms with Crippen molar-refractivity contribution in [1.29, 1.82) is 0 Å². The summed E-state index contributed by atoms with van der Waals surface area (Å²) in [6, 6.07) is 8.75. The molecule has 0 aliphatic heterocycles. The quantitative estimate of drug-likeness (QED) is 0.583. The lowest BCUT2D eigenvalue weighted by Gasteiger charge is -2.09. The van der Waals surface area contributed by atoms with Crippen LogP contribution in [0.25, 0.3) is 21.8 Å². The second-order valence-corrected chi connectivity index (χ2v) is 5.26. The molecule has 1 aliphatic carbocycles. The third kappa shape index (κ3) is 1.26. The van der Waals surface area contributed by atoms with Crippen molar-refractivity contribution in [2.24, 2.45) is 7.05 Å². The Morgan fingerprint density at radius 1 is 1.11 bits per heavy atom. The molecule has 1 aliphatic rings. The maximum Gasteiger partial charge on any atom is 0.0951 e. The van der Waals surface area contributed by atoms with Gasteiger partial charge in [0.2, 0.25) is 0 Å². The molecule has 2 heteroatoms. The Morgan fingerprint density at radius 3 is 2.94 bits per heavy atom. The highest BCUT2D eigenvalue weighted by atomic mass is 14.9. The van der Waals surface area contributed by atoms with E-state index in [1.807, 2.05) is 0 Å². The lowest BCUT2D eigenvalue weighted by molar-refractivity contribution is 0.680. The van der Waals surface area contributed by atoms with Gasteiger partial charge >= 0.3 is 0 Å². The van der Waals surface area contributed by atoms with Gasteiger partial charge in [0.1, 0.15) is 0 Å². The molecule has 0 saturated heterocycles. The van der Waals surface area contributed by atoms with Gasteiger partial charge in [-0.15, -0.1) is 0 Å². The van der Waals surface area contributed by atoms with Crippen molar-refractivity contribution in [1.82, 2.24) is 9.55 Å². The van der Waals surface area contributed by atoms with E-state index in [1.54, 1.807) is 0 Å². The van der Waals surface area contributed by atoms with Crippen LogP contribution >= 0.6 is 0 Å². The van der Waals surface area contributed by atoms with Crippen LogP contribution in [0.3, 0.4) is 0 Å². The first-order valence-electron chi connectivity index (χ1n) is 6.70. The number of nitrogens with zero attached hydrogens (tertiary/aromatic N) is 2. The van der Waals surface area contributed by atoms with Crippen LogP contribution in [-0.2, 0) is 19.9 Å². The van der Waals surface area contributed by atoms with Crippen molar-refractivity contribution in [2.45, 2.75) is 25.7 Å². The SMILES string of the molecule is Cn1cccc2ccc3c4c(nc3c21)CCCC4. The molecular formula is C16H16N2. The Morgan fingerprint density at radius 2 is 2.00 bits per heavy atom. The standard InChI is InChI=1S/C16H16N2/c1-18-10-4-5-11-8-9-13-12-6-2-3-7-14(12)17-15(13)16(11)18/h4-5,8-10H,2-3,6-7H2,1H3. The molecule has 4 rings (SSSR count). The predicted molar refractivity (Wildman–Crippen MR) is 74.9 cm³/mol. The van der Waals surface area contributed by atoms with Crippen LogP contribution in [0.1, 0.15) is 24.1 Å². The minimum absolute atomic E-state index is 1.15. The van der Waals surface area contributed by atoms with E-state index in [0.29, 0.717) is 0 Å². The van der Waals surface area contributed by atoms with E-state index < -0.39 is 0 Å². The second-order valence-electron chi connectivity index (χ2n) is 5.26. The number of aromatic nitrogens is 2. The van der Waals surface area contributed by atoms with E-state index >= 15 is 0 Å². The number of fused-ring (bicyclic) bond motifs is 5. The van der Waals surface area contributed by atoms with Crippen LogP contribution in [0.2, 0.25) is 0 Å². The summed E-state index contributed by atoms with van der Waals surface area (Å²) in [5, 5.41) is 2.65. The van der Waals surface area contributed by atoms with Gasteiger partial charge in [-0.1, -0.05) is 18.2 Å². The van der Waals surface area contributed by atoms with Crippen LogP contribution in [0.4, 0.5) is 0 Å². The topological polar surface area (TPSA) is 17.8 Å². The molecule has 0 N–H and O–H groups in total. The largest absolute Gasteiger partial charge is 0.349 e. The molecule has 0 fully saturated rings. The molecule has 0 amide bonds. The molecule has 0 saturated carbocycles. The normalized spacial score (nSPS) is 15.2. The molecule has 0 atom stereocenters. The summed E-state index contributed by atoms with van der Waals surface area (Å²) >= 11 is 0. The average molecular weight is 236 g/mol. The van der Waals surface area contributed by atoms with Gasteiger partial charge in [-0.2, -0.15) is 0 Å². The van der Waals surface area contributed by atoms with E-state index in [-0.39, 0.29) is 0 Å². The average Bonchev–Trinajstić information content (AvgIpc) is 2.77. The van der Waals surface area contributed by atoms with Crippen molar-refractivity contribution in [3.05, 3.63) is 41.7 Å². The first kappa shape index (κ1) is 10.1. The zero-order valence-corrected chi connectivity index (χ0v) is 10.6. The van der Waals surface area contributed by atoms with Gasteiger partial charge in [-0.25, -0.2) is 0 Å². The van der Waals surface area contributed by atoms with Crippen molar-refractivity contribution in [3.8, 4) is 0 Å². The number of pyridine rings is 1. The first-order valence-corrected chi connectivity index (χ1v) is 6.70. The summed E-state index contributed by atoms with van der Waals surface area (Å²) in [5.74, 6) is 0. The number of benzene rings is 1. The highest BCUT2D eigenvalue weighted by Crippen LogP contribution is 2.32. The molecular weight excluding hydrogens is 220 g/mol. The molecule has 18 heavy (non-hydrogen) atoms. The van der Waals surface area contributed by atoms with Crippen molar-refractivity contribution < 1.29 is 0 Å². The molecule has 0 radical (unpaired) electrons. The maximum atomic E-state index is 4.92. The Balaban J connectivity index is 2.19.